The Bertz CT molecular complexity index is 1150. The van der Waals surface area contributed by atoms with Crippen LogP contribution in [0.4, 0.5) is 5.69 Å². The summed E-state index contributed by atoms with van der Waals surface area (Å²) in [4.78, 5) is 27.4. The number of rotatable bonds is 8. The van der Waals surface area contributed by atoms with Crippen LogP contribution in [0.5, 0.6) is 0 Å². The Morgan fingerprint density at radius 2 is 1.61 bits per heavy atom. The van der Waals surface area contributed by atoms with E-state index in [1.807, 2.05) is 6.07 Å². The van der Waals surface area contributed by atoms with Crippen LogP contribution in [0.2, 0.25) is 0 Å². The first kappa shape index (κ1) is 22.1. The molecule has 0 spiro atoms. The summed E-state index contributed by atoms with van der Waals surface area (Å²) in [5, 5.41) is 5.40. The van der Waals surface area contributed by atoms with Crippen molar-refractivity contribution in [1.29, 1.82) is 0 Å². The molecule has 160 valence electrons. The largest absolute Gasteiger partial charge is 0.348 e. The number of aromatic nitrogens is 1. The number of benzene rings is 2. The highest BCUT2D eigenvalue weighted by atomic mass is 32.2. The van der Waals surface area contributed by atoms with Crippen molar-refractivity contribution in [1.82, 2.24) is 15.0 Å². The molecule has 1 heterocycles. The van der Waals surface area contributed by atoms with E-state index in [9.17, 15) is 18.0 Å². The number of carbonyl (C=O) groups is 2. The Balaban J connectivity index is 1.55. The Hall–Kier alpha value is -3.56. The molecule has 0 atom stereocenters. The number of amides is 2. The van der Waals surface area contributed by atoms with Gasteiger partial charge in [-0.15, -0.1) is 0 Å². The van der Waals surface area contributed by atoms with E-state index in [1.54, 1.807) is 42.7 Å². The Morgan fingerprint density at radius 1 is 0.903 bits per heavy atom. The summed E-state index contributed by atoms with van der Waals surface area (Å²) < 4.78 is 27.5. The molecular formula is C22H22N4O4S. The van der Waals surface area contributed by atoms with Gasteiger partial charge in [-0.05, 0) is 53.6 Å². The highest BCUT2D eigenvalue weighted by Gasteiger charge is 2.14. The van der Waals surface area contributed by atoms with Crippen LogP contribution in [0.25, 0.3) is 0 Å². The van der Waals surface area contributed by atoms with Gasteiger partial charge >= 0.3 is 0 Å². The zero-order valence-electron chi connectivity index (χ0n) is 16.8. The van der Waals surface area contributed by atoms with E-state index in [1.165, 1.54) is 31.2 Å². The molecule has 8 nitrogen and oxygen atoms in total. The van der Waals surface area contributed by atoms with E-state index >= 15 is 0 Å². The third kappa shape index (κ3) is 6.46. The van der Waals surface area contributed by atoms with Gasteiger partial charge in [-0.2, -0.15) is 0 Å². The third-order valence-electron chi connectivity index (χ3n) is 4.34. The van der Waals surface area contributed by atoms with E-state index in [2.05, 4.69) is 20.3 Å². The summed E-state index contributed by atoms with van der Waals surface area (Å²) in [5.41, 5.74) is 2.60. The van der Waals surface area contributed by atoms with Crippen molar-refractivity contribution in [3.63, 3.8) is 0 Å². The number of pyridine rings is 1. The third-order valence-corrected chi connectivity index (χ3v) is 5.76. The minimum absolute atomic E-state index is 0.0768. The van der Waals surface area contributed by atoms with Crippen molar-refractivity contribution in [2.45, 2.75) is 24.9 Å². The number of nitrogens with one attached hydrogen (secondary N) is 3. The first-order chi connectivity index (χ1) is 14.8. The van der Waals surface area contributed by atoms with E-state index in [-0.39, 0.29) is 23.3 Å². The van der Waals surface area contributed by atoms with E-state index < -0.39 is 10.0 Å². The topological polar surface area (TPSA) is 117 Å². The molecule has 0 radical (unpaired) electrons. The monoisotopic (exact) mass is 438 g/mol. The minimum Gasteiger partial charge on any atom is -0.348 e. The highest BCUT2D eigenvalue weighted by Crippen LogP contribution is 2.15. The van der Waals surface area contributed by atoms with E-state index in [0.717, 1.165) is 5.56 Å². The van der Waals surface area contributed by atoms with E-state index in [0.29, 0.717) is 23.4 Å². The summed E-state index contributed by atoms with van der Waals surface area (Å²) in [6, 6.07) is 16.2. The lowest BCUT2D eigenvalue weighted by Crippen LogP contribution is -2.24. The first-order valence-corrected chi connectivity index (χ1v) is 11.0. The van der Waals surface area contributed by atoms with Crippen LogP contribution < -0.4 is 15.4 Å². The van der Waals surface area contributed by atoms with Crippen molar-refractivity contribution >= 4 is 27.5 Å². The maximum atomic E-state index is 12.5. The van der Waals surface area contributed by atoms with Crippen LogP contribution in [0.3, 0.4) is 0 Å². The van der Waals surface area contributed by atoms with Gasteiger partial charge in [0.25, 0.3) is 5.91 Å². The minimum atomic E-state index is -3.72. The number of hydrogen-bond acceptors (Lipinski definition) is 5. The summed E-state index contributed by atoms with van der Waals surface area (Å²) in [6.07, 6.45) is 3.35. The van der Waals surface area contributed by atoms with Gasteiger partial charge < -0.3 is 10.6 Å². The van der Waals surface area contributed by atoms with Crippen LogP contribution >= 0.6 is 0 Å². The summed E-state index contributed by atoms with van der Waals surface area (Å²) in [6.45, 7) is 1.82. The van der Waals surface area contributed by atoms with Crippen molar-refractivity contribution in [2.24, 2.45) is 0 Å². The molecule has 0 saturated carbocycles. The van der Waals surface area contributed by atoms with Crippen LogP contribution in [0.1, 0.15) is 28.4 Å². The number of hydrogen-bond donors (Lipinski definition) is 3. The van der Waals surface area contributed by atoms with Crippen LogP contribution in [-0.2, 0) is 27.9 Å². The zero-order valence-corrected chi connectivity index (χ0v) is 17.6. The Labute approximate surface area is 180 Å². The fraction of sp³-hybridized carbons (Fsp3) is 0.136. The summed E-state index contributed by atoms with van der Waals surface area (Å²) >= 11 is 0. The molecule has 0 fully saturated rings. The lowest BCUT2D eigenvalue weighted by Gasteiger charge is -2.09. The highest BCUT2D eigenvalue weighted by molar-refractivity contribution is 7.89. The molecule has 0 aliphatic carbocycles. The quantitative estimate of drug-likeness (QED) is 0.499. The molecule has 0 unspecified atom stereocenters. The van der Waals surface area contributed by atoms with Gasteiger partial charge in [-0.3, -0.25) is 14.6 Å². The van der Waals surface area contributed by atoms with Gasteiger partial charge in [0.15, 0.2) is 0 Å². The molecule has 0 bridgehead atoms. The lowest BCUT2D eigenvalue weighted by atomic mass is 10.1. The fourth-order valence-electron chi connectivity index (χ4n) is 2.74. The lowest BCUT2D eigenvalue weighted by molar-refractivity contribution is -0.114. The molecule has 3 N–H and O–H groups in total. The SMILES string of the molecule is CC(=O)Nc1ccc(S(=O)(=O)NCc2ccc(C(=O)NCc3cccnc3)cc2)cc1. The average Bonchev–Trinajstić information content (AvgIpc) is 2.77. The molecule has 31 heavy (non-hydrogen) atoms. The second-order valence-corrected chi connectivity index (χ2v) is 8.54. The Morgan fingerprint density at radius 3 is 2.23 bits per heavy atom. The standard InChI is InChI=1S/C22H22N4O4S/c1-16(27)26-20-8-10-21(11-9-20)31(29,30)25-15-17-4-6-19(7-5-17)22(28)24-14-18-3-2-12-23-13-18/h2-13,25H,14-15H2,1H3,(H,24,28)(H,26,27). The number of sulfonamides is 1. The maximum Gasteiger partial charge on any atom is 0.251 e. The predicted molar refractivity (Wildman–Crippen MR) is 117 cm³/mol. The second-order valence-electron chi connectivity index (χ2n) is 6.77. The molecule has 1 aromatic heterocycles. The maximum absolute atomic E-state index is 12.5. The van der Waals surface area contributed by atoms with Crippen molar-refractivity contribution < 1.29 is 18.0 Å². The molecule has 9 heteroatoms. The molecule has 2 amide bonds. The van der Waals surface area contributed by atoms with Gasteiger partial charge in [0.05, 0.1) is 4.90 Å². The first-order valence-electron chi connectivity index (χ1n) is 9.47. The van der Waals surface area contributed by atoms with E-state index in [4.69, 9.17) is 0 Å². The second kappa shape index (κ2) is 9.96. The molecule has 3 rings (SSSR count). The molecule has 0 saturated heterocycles. The van der Waals surface area contributed by atoms with Crippen LogP contribution in [0.15, 0.2) is 78.0 Å². The molecule has 0 aliphatic heterocycles. The molecule has 3 aromatic rings. The summed E-state index contributed by atoms with van der Waals surface area (Å²) in [7, 11) is -3.72. The van der Waals surface area contributed by atoms with Crippen molar-refractivity contribution in [3.05, 3.63) is 89.7 Å². The molecular weight excluding hydrogens is 416 g/mol. The number of anilines is 1. The number of nitrogens with zero attached hydrogens (tertiary/aromatic N) is 1. The molecule has 0 aliphatic rings. The van der Waals surface area contributed by atoms with Gasteiger partial charge in [0.1, 0.15) is 0 Å². The molecule has 2 aromatic carbocycles. The smallest absolute Gasteiger partial charge is 0.251 e. The van der Waals surface area contributed by atoms with Crippen molar-refractivity contribution in [3.8, 4) is 0 Å². The van der Waals surface area contributed by atoms with Gasteiger partial charge in [-0.1, -0.05) is 18.2 Å². The fourth-order valence-corrected chi connectivity index (χ4v) is 3.76. The normalized spacial score (nSPS) is 11.0. The van der Waals surface area contributed by atoms with Crippen molar-refractivity contribution in [2.75, 3.05) is 5.32 Å². The summed E-state index contributed by atoms with van der Waals surface area (Å²) in [5.74, 6) is -0.460. The van der Waals surface area contributed by atoms with Gasteiger partial charge in [0, 0.05) is 43.7 Å². The zero-order chi connectivity index (χ0) is 22.3. The van der Waals surface area contributed by atoms with Gasteiger partial charge in [-0.25, -0.2) is 13.1 Å². The average molecular weight is 439 g/mol. The Kier molecular flexibility index (Phi) is 7.11. The number of carbonyl (C=O) groups excluding carboxylic acids is 2. The predicted octanol–water partition coefficient (Wildman–Crippen LogP) is 2.45. The van der Waals surface area contributed by atoms with Crippen LogP contribution in [0, 0.1) is 0 Å². The van der Waals surface area contributed by atoms with Crippen LogP contribution in [-0.4, -0.2) is 25.2 Å². The van der Waals surface area contributed by atoms with Gasteiger partial charge in [0.2, 0.25) is 15.9 Å².